The summed E-state index contributed by atoms with van der Waals surface area (Å²) in [5, 5.41) is 18.1. The zero-order valence-corrected chi connectivity index (χ0v) is 7.42. The molecular formula is C8H17NO3. The summed E-state index contributed by atoms with van der Waals surface area (Å²) in [5.41, 5.74) is 0. The van der Waals surface area contributed by atoms with E-state index in [-0.39, 0.29) is 12.6 Å². The lowest BCUT2D eigenvalue weighted by Gasteiger charge is -1.89. The Morgan fingerprint density at radius 2 is 2.17 bits per heavy atom. The summed E-state index contributed by atoms with van der Waals surface area (Å²) in [7, 11) is 0. The second-order valence-corrected chi connectivity index (χ2v) is 1.98. The summed E-state index contributed by atoms with van der Waals surface area (Å²) in [6.07, 6.45) is 3.13. The van der Waals surface area contributed by atoms with Crippen LogP contribution >= 0.6 is 0 Å². The lowest BCUT2D eigenvalue weighted by atomic mass is 10.4. The molecule has 0 aromatic rings. The lowest BCUT2D eigenvalue weighted by molar-refractivity contribution is -0.117. The minimum atomic E-state index is -0.359. The lowest BCUT2D eigenvalue weighted by Crippen LogP contribution is -2.20. The van der Waals surface area contributed by atoms with E-state index in [0.29, 0.717) is 6.61 Å². The molecule has 4 nitrogen and oxygen atoms in total. The molecule has 0 saturated carbocycles. The Labute approximate surface area is 72.9 Å². The zero-order valence-electron chi connectivity index (χ0n) is 7.42. The van der Waals surface area contributed by atoms with Crippen molar-refractivity contribution < 1.29 is 15.0 Å². The van der Waals surface area contributed by atoms with Crippen molar-refractivity contribution in [1.82, 2.24) is 5.32 Å². The van der Waals surface area contributed by atoms with E-state index >= 15 is 0 Å². The average molecular weight is 175 g/mol. The molecule has 0 unspecified atom stereocenters. The second-order valence-electron chi connectivity index (χ2n) is 1.98. The number of hydrogen-bond acceptors (Lipinski definition) is 3. The van der Waals surface area contributed by atoms with Crippen molar-refractivity contribution in [3.63, 3.8) is 0 Å². The largest absolute Gasteiger partial charge is 0.396 e. The van der Waals surface area contributed by atoms with Crippen LogP contribution in [0.2, 0.25) is 0 Å². The van der Waals surface area contributed by atoms with Gasteiger partial charge in [0.15, 0.2) is 0 Å². The van der Waals surface area contributed by atoms with Gasteiger partial charge in [-0.25, -0.2) is 0 Å². The van der Waals surface area contributed by atoms with Crippen LogP contribution in [-0.4, -0.2) is 29.5 Å². The number of aliphatic hydroxyl groups excluding tert-OH is 2. The van der Waals surface area contributed by atoms with E-state index < -0.39 is 0 Å². The third kappa shape index (κ3) is 16.1. The Balaban J connectivity index is 0. The van der Waals surface area contributed by atoms with Crippen LogP contribution in [0.4, 0.5) is 0 Å². The summed E-state index contributed by atoms with van der Waals surface area (Å²) >= 11 is 0. The molecule has 0 aliphatic carbocycles. The van der Waals surface area contributed by atoms with Crippen molar-refractivity contribution >= 4 is 5.91 Å². The minimum absolute atomic E-state index is 0.329. The standard InChI is InChI=1S/C4H7NO2.C4H10O/c1-2-4(7)5-3-6;1-2-3-4-5/h2,6H,1,3H2,(H,5,7);5H,2-4H2,1H3. The van der Waals surface area contributed by atoms with Crippen molar-refractivity contribution in [2.24, 2.45) is 0 Å². The summed E-state index contributed by atoms with van der Waals surface area (Å²) in [6.45, 7) is 5.22. The molecule has 0 atom stereocenters. The van der Waals surface area contributed by atoms with Gasteiger partial charge >= 0.3 is 0 Å². The maximum absolute atomic E-state index is 10.0. The molecular weight excluding hydrogens is 158 g/mol. The van der Waals surface area contributed by atoms with Gasteiger partial charge in [-0.1, -0.05) is 19.9 Å². The van der Waals surface area contributed by atoms with Crippen molar-refractivity contribution in [1.29, 1.82) is 0 Å². The van der Waals surface area contributed by atoms with Crippen molar-refractivity contribution in [3.05, 3.63) is 12.7 Å². The molecule has 0 spiro atoms. The van der Waals surface area contributed by atoms with E-state index in [4.69, 9.17) is 10.2 Å². The molecule has 1 amide bonds. The van der Waals surface area contributed by atoms with Crippen molar-refractivity contribution in [2.75, 3.05) is 13.3 Å². The minimum Gasteiger partial charge on any atom is -0.396 e. The number of hydrogen-bond donors (Lipinski definition) is 3. The van der Waals surface area contributed by atoms with Crippen molar-refractivity contribution in [2.45, 2.75) is 19.8 Å². The van der Waals surface area contributed by atoms with E-state index in [2.05, 4.69) is 18.8 Å². The molecule has 3 N–H and O–H groups in total. The molecule has 0 radical (unpaired) electrons. The van der Waals surface area contributed by atoms with Crippen LogP contribution in [0.1, 0.15) is 19.8 Å². The summed E-state index contributed by atoms with van der Waals surface area (Å²) in [4.78, 5) is 10.0. The predicted octanol–water partition coefficient (Wildman–Crippen LogP) is 0.0172. The van der Waals surface area contributed by atoms with Gasteiger partial charge in [0.25, 0.3) is 0 Å². The van der Waals surface area contributed by atoms with Crippen molar-refractivity contribution in [3.8, 4) is 0 Å². The van der Waals surface area contributed by atoms with Gasteiger partial charge in [0.05, 0.1) is 0 Å². The smallest absolute Gasteiger partial charge is 0.245 e. The quantitative estimate of drug-likeness (QED) is 0.416. The van der Waals surface area contributed by atoms with Gasteiger partial charge in [-0.3, -0.25) is 4.79 Å². The molecule has 0 aliphatic heterocycles. The number of nitrogens with one attached hydrogen (secondary N) is 1. The third-order valence-electron chi connectivity index (χ3n) is 0.950. The van der Waals surface area contributed by atoms with Gasteiger partial charge in [0.2, 0.25) is 5.91 Å². The Bertz CT molecular complexity index is 113. The molecule has 0 bridgehead atoms. The van der Waals surface area contributed by atoms with Gasteiger partial charge in [0, 0.05) is 6.61 Å². The number of amides is 1. The topological polar surface area (TPSA) is 69.6 Å². The maximum atomic E-state index is 10.0. The van der Waals surface area contributed by atoms with Crippen LogP contribution in [0.3, 0.4) is 0 Å². The van der Waals surface area contributed by atoms with Gasteiger partial charge < -0.3 is 15.5 Å². The highest BCUT2D eigenvalue weighted by atomic mass is 16.3. The first-order valence-electron chi connectivity index (χ1n) is 3.84. The third-order valence-corrected chi connectivity index (χ3v) is 0.950. The number of aliphatic hydroxyl groups is 2. The van der Waals surface area contributed by atoms with Crippen LogP contribution < -0.4 is 5.32 Å². The van der Waals surface area contributed by atoms with Crippen LogP contribution in [0.15, 0.2) is 12.7 Å². The molecule has 0 rings (SSSR count). The van der Waals surface area contributed by atoms with E-state index in [1.54, 1.807) is 0 Å². The normalized spacial score (nSPS) is 7.92. The predicted molar refractivity (Wildman–Crippen MR) is 47.4 cm³/mol. The average Bonchev–Trinajstić information content (AvgIpc) is 2.07. The first kappa shape index (κ1) is 13.7. The highest BCUT2D eigenvalue weighted by Gasteiger charge is 1.84. The Morgan fingerprint density at radius 1 is 1.58 bits per heavy atom. The molecule has 0 aromatic heterocycles. The first-order chi connectivity index (χ1) is 5.72. The fourth-order valence-electron chi connectivity index (χ4n) is 0.308. The number of carbonyl (C=O) groups excluding carboxylic acids is 1. The number of rotatable bonds is 4. The van der Waals surface area contributed by atoms with Crippen LogP contribution in [0.25, 0.3) is 0 Å². The fourth-order valence-corrected chi connectivity index (χ4v) is 0.308. The van der Waals surface area contributed by atoms with E-state index in [1.165, 1.54) is 0 Å². The molecule has 0 heterocycles. The summed E-state index contributed by atoms with van der Waals surface area (Å²) in [6, 6.07) is 0. The maximum Gasteiger partial charge on any atom is 0.245 e. The van der Waals surface area contributed by atoms with Crippen LogP contribution in [-0.2, 0) is 4.79 Å². The van der Waals surface area contributed by atoms with E-state index in [1.807, 2.05) is 0 Å². The highest BCUT2D eigenvalue weighted by Crippen LogP contribution is 1.78. The summed E-state index contributed by atoms with van der Waals surface area (Å²) < 4.78 is 0. The zero-order chi connectivity index (χ0) is 9.82. The Morgan fingerprint density at radius 3 is 2.25 bits per heavy atom. The van der Waals surface area contributed by atoms with Crippen LogP contribution in [0.5, 0.6) is 0 Å². The molecule has 0 aliphatic rings. The first-order valence-corrected chi connectivity index (χ1v) is 3.84. The molecule has 0 saturated heterocycles. The van der Waals surface area contributed by atoms with E-state index in [0.717, 1.165) is 18.9 Å². The summed E-state index contributed by atoms with van der Waals surface area (Å²) in [5.74, 6) is -0.359. The Kier molecular flexibility index (Phi) is 14.6. The van der Waals surface area contributed by atoms with Gasteiger partial charge in [0.1, 0.15) is 6.73 Å². The number of unbranched alkanes of at least 4 members (excludes halogenated alkanes) is 1. The fraction of sp³-hybridized carbons (Fsp3) is 0.625. The van der Waals surface area contributed by atoms with E-state index in [9.17, 15) is 4.79 Å². The van der Waals surface area contributed by atoms with Gasteiger partial charge in [-0.05, 0) is 12.5 Å². The van der Waals surface area contributed by atoms with Gasteiger partial charge in [-0.15, -0.1) is 0 Å². The molecule has 12 heavy (non-hydrogen) atoms. The number of carbonyl (C=O) groups is 1. The van der Waals surface area contributed by atoms with Crippen LogP contribution in [0, 0.1) is 0 Å². The monoisotopic (exact) mass is 175 g/mol. The highest BCUT2D eigenvalue weighted by molar-refractivity contribution is 5.86. The Hall–Kier alpha value is -0.870. The molecule has 72 valence electrons. The molecule has 4 heteroatoms. The molecule has 0 fully saturated rings. The molecule has 0 aromatic carbocycles. The van der Waals surface area contributed by atoms with Gasteiger partial charge in [-0.2, -0.15) is 0 Å². The SMILES string of the molecule is C=CC(=O)NCO.CCCCO. The second kappa shape index (κ2) is 12.8.